The molecule has 6 heteroatoms. The van der Waals surface area contributed by atoms with Crippen molar-refractivity contribution in [3.63, 3.8) is 0 Å². The van der Waals surface area contributed by atoms with Crippen molar-refractivity contribution in [3.8, 4) is 45.6 Å². The highest BCUT2D eigenvalue weighted by Crippen LogP contribution is 2.57. The topological polar surface area (TPSA) is 55.4 Å². The standard InChI is InChI=1S/C51H66O6/c1-11-15-17-35(13-3)33-51(34-36(14-4)18-16-12-2)43-27-37(19-21-39-29-45(52-5)49(56-9)46(30-39)53-6)23-25-41(43)42-26-24-38(28-44(42)51)20-22-40-31-47(54-7)50(57-10)48(32-40)55-8/h19-32,35-36H,11-18,33-34H2,1-10H3/b21-19+,22-20+. The smallest absolute Gasteiger partial charge is 0.203 e. The van der Waals surface area contributed by atoms with Crippen molar-refractivity contribution in [1.82, 2.24) is 0 Å². The van der Waals surface area contributed by atoms with Crippen molar-refractivity contribution in [2.24, 2.45) is 11.8 Å². The number of hydrogen-bond donors (Lipinski definition) is 0. The highest BCUT2D eigenvalue weighted by molar-refractivity contribution is 5.85. The fourth-order valence-corrected chi connectivity index (χ4v) is 8.91. The number of hydrogen-bond acceptors (Lipinski definition) is 6. The summed E-state index contributed by atoms with van der Waals surface area (Å²) in [5.74, 6) is 5.02. The van der Waals surface area contributed by atoms with Gasteiger partial charge in [0.15, 0.2) is 23.0 Å². The molecule has 4 aromatic carbocycles. The van der Waals surface area contributed by atoms with E-state index in [4.69, 9.17) is 28.4 Å². The Morgan fingerprint density at radius 2 is 0.807 bits per heavy atom. The summed E-state index contributed by atoms with van der Waals surface area (Å²) in [4.78, 5) is 0. The van der Waals surface area contributed by atoms with Crippen LogP contribution in [0.15, 0.2) is 60.7 Å². The van der Waals surface area contributed by atoms with Crippen LogP contribution in [0.25, 0.3) is 35.4 Å². The SMILES string of the molecule is CCCCC(CC)CC1(CC(CC)CCCC)c2cc(/C=C/c3cc(OC)c(OC)c(OC)c3)ccc2-c2ccc(/C=C/c3cc(OC)c(OC)c(OC)c3)cc21. The number of fused-ring (bicyclic) bond motifs is 3. The van der Waals surface area contributed by atoms with Crippen LogP contribution < -0.4 is 28.4 Å². The average Bonchev–Trinajstić information content (AvgIpc) is 3.51. The van der Waals surface area contributed by atoms with Gasteiger partial charge >= 0.3 is 0 Å². The van der Waals surface area contributed by atoms with Gasteiger partial charge in [-0.3, -0.25) is 0 Å². The summed E-state index contributed by atoms with van der Waals surface area (Å²) in [6.07, 6.45) is 20.9. The molecule has 2 unspecified atom stereocenters. The van der Waals surface area contributed by atoms with E-state index in [9.17, 15) is 0 Å². The lowest BCUT2D eigenvalue weighted by Gasteiger charge is -2.39. The molecule has 0 aliphatic heterocycles. The third-order valence-corrected chi connectivity index (χ3v) is 12.1. The Hall–Kier alpha value is -4.84. The predicted molar refractivity (Wildman–Crippen MR) is 239 cm³/mol. The Kier molecular flexibility index (Phi) is 15.6. The van der Waals surface area contributed by atoms with Crippen LogP contribution in [0, 0.1) is 11.8 Å². The molecule has 1 aliphatic carbocycles. The maximum absolute atomic E-state index is 5.67. The Bertz CT molecular complexity index is 1800. The summed E-state index contributed by atoms with van der Waals surface area (Å²) in [5, 5.41) is 0. The minimum atomic E-state index is -0.111. The van der Waals surface area contributed by atoms with Crippen LogP contribution in [0.4, 0.5) is 0 Å². The third kappa shape index (κ3) is 9.66. The third-order valence-electron chi connectivity index (χ3n) is 12.1. The molecule has 306 valence electrons. The minimum absolute atomic E-state index is 0.111. The number of benzene rings is 4. The summed E-state index contributed by atoms with van der Waals surface area (Å²) in [6, 6.07) is 22.3. The van der Waals surface area contributed by atoms with Crippen molar-refractivity contribution in [1.29, 1.82) is 0 Å². The summed E-state index contributed by atoms with van der Waals surface area (Å²) in [6.45, 7) is 9.43. The average molecular weight is 775 g/mol. The number of unbranched alkanes of at least 4 members (excludes halogenated alkanes) is 2. The summed E-state index contributed by atoms with van der Waals surface area (Å²) in [7, 11) is 9.90. The second-order valence-corrected chi connectivity index (χ2v) is 15.5. The van der Waals surface area contributed by atoms with Crippen molar-refractivity contribution >= 4 is 24.3 Å². The van der Waals surface area contributed by atoms with Gasteiger partial charge in [0.1, 0.15) is 0 Å². The predicted octanol–water partition coefficient (Wildman–Crippen LogP) is 13.6. The lowest BCUT2D eigenvalue weighted by molar-refractivity contribution is 0.266. The first-order valence-corrected chi connectivity index (χ1v) is 21.0. The summed E-state index contributed by atoms with van der Waals surface area (Å²) < 4.78 is 33.9. The number of ether oxygens (including phenoxy) is 6. The van der Waals surface area contributed by atoms with E-state index in [0.29, 0.717) is 46.3 Å². The maximum atomic E-state index is 5.67. The molecule has 5 rings (SSSR count). The van der Waals surface area contributed by atoms with E-state index in [1.807, 2.05) is 24.3 Å². The van der Waals surface area contributed by atoms with Crippen molar-refractivity contribution in [2.75, 3.05) is 42.7 Å². The molecular weight excluding hydrogens is 709 g/mol. The van der Waals surface area contributed by atoms with Crippen LogP contribution in [0.5, 0.6) is 34.5 Å². The molecule has 6 nitrogen and oxygen atoms in total. The zero-order valence-electron chi connectivity index (χ0n) is 36.3. The normalized spacial score (nSPS) is 14.0. The van der Waals surface area contributed by atoms with Gasteiger partial charge in [-0.25, -0.2) is 0 Å². The fourth-order valence-electron chi connectivity index (χ4n) is 8.91. The molecule has 0 N–H and O–H groups in total. The Morgan fingerprint density at radius 3 is 1.11 bits per heavy atom. The van der Waals surface area contributed by atoms with Crippen LogP contribution >= 0.6 is 0 Å². The molecule has 0 radical (unpaired) electrons. The monoisotopic (exact) mass is 774 g/mol. The Balaban J connectivity index is 1.67. The van der Waals surface area contributed by atoms with Gasteiger partial charge in [0.2, 0.25) is 11.5 Å². The van der Waals surface area contributed by atoms with Crippen LogP contribution in [-0.2, 0) is 5.41 Å². The van der Waals surface area contributed by atoms with Crippen molar-refractivity contribution < 1.29 is 28.4 Å². The zero-order valence-corrected chi connectivity index (χ0v) is 36.3. The molecule has 0 saturated heterocycles. The Labute approximate surface area is 343 Å². The molecule has 0 amide bonds. The highest BCUT2D eigenvalue weighted by Gasteiger charge is 2.45. The second-order valence-electron chi connectivity index (χ2n) is 15.5. The van der Waals surface area contributed by atoms with Crippen molar-refractivity contribution in [2.45, 2.75) is 97.3 Å². The van der Waals surface area contributed by atoms with E-state index < -0.39 is 0 Å². The second kappa shape index (κ2) is 20.5. The summed E-state index contributed by atoms with van der Waals surface area (Å²) in [5.41, 5.74) is 9.91. The van der Waals surface area contributed by atoms with Gasteiger partial charge in [-0.15, -0.1) is 0 Å². The van der Waals surface area contributed by atoms with Gasteiger partial charge < -0.3 is 28.4 Å². The van der Waals surface area contributed by atoms with E-state index >= 15 is 0 Å². The molecule has 0 fully saturated rings. The van der Waals surface area contributed by atoms with E-state index in [1.54, 1.807) is 42.7 Å². The number of rotatable bonds is 22. The molecule has 0 bridgehead atoms. The molecule has 57 heavy (non-hydrogen) atoms. The van der Waals surface area contributed by atoms with Gasteiger partial charge in [-0.2, -0.15) is 0 Å². The lowest BCUT2D eigenvalue weighted by Crippen LogP contribution is -2.31. The van der Waals surface area contributed by atoms with E-state index in [-0.39, 0.29) is 5.41 Å². The van der Waals surface area contributed by atoms with Crippen LogP contribution in [0.3, 0.4) is 0 Å². The summed E-state index contributed by atoms with van der Waals surface area (Å²) >= 11 is 0. The number of methoxy groups -OCH3 is 6. The fraction of sp³-hybridized carbons (Fsp3) is 0.451. The molecular formula is C51H66O6. The van der Waals surface area contributed by atoms with E-state index in [1.165, 1.54) is 84.7 Å². The van der Waals surface area contributed by atoms with Gasteiger partial charge in [0.25, 0.3) is 0 Å². The van der Waals surface area contributed by atoms with Crippen LogP contribution in [-0.4, -0.2) is 42.7 Å². The molecule has 2 atom stereocenters. The molecule has 1 aliphatic rings. The molecule has 4 aromatic rings. The van der Waals surface area contributed by atoms with Gasteiger partial charge in [-0.05, 0) is 93.5 Å². The van der Waals surface area contributed by atoms with Crippen molar-refractivity contribution in [3.05, 3.63) is 94.0 Å². The van der Waals surface area contributed by atoms with Gasteiger partial charge in [0.05, 0.1) is 42.7 Å². The zero-order chi connectivity index (χ0) is 41.0. The van der Waals surface area contributed by atoms with E-state index in [0.717, 1.165) is 24.0 Å². The molecule has 0 saturated carbocycles. The largest absolute Gasteiger partial charge is 0.493 e. The van der Waals surface area contributed by atoms with Crippen LogP contribution in [0.2, 0.25) is 0 Å². The first-order chi connectivity index (χ1) is 27.8. The lowest BCUT2D eigenvalue weighted by atomic mass is 9.65. The molecule has 0 aromatic heterocycles. The molecule has 0 spiro atoms. The quantitative estimate of drug-likeness (QED) is 0.0741. The van der Waals surface area contributed by atoms with Crippen LogP contribution in [0.1, 0.15) is 125 Å². The molecule has 0 heterocycles. The highest BCUT2D eigenvalue weighted by atomic mass is 16.5. The first kappa shape index (κ1) is 43.3. The van der Waals surface area contributed by atoms with Gasteiger partial charge in [-0.1, -0.05) is 140 Å². The maximum Gasteiger partial charge on any atom is 0.203 e. The first-order valence-electron chi connectivity index (χ1n) is 21.0. The van der Waals surface area contributed by atoms with Gasteiger partial charge in [0, 0.05) is 5.41 Å². The Morgan fingerprint density at radius 1 is 0.456 bits per heavy atom. The minimum Gasteiger partial charge on any atom is -0.493 e. The van der Waals surface area contributed by atoms with E-state index in [2.05, 4.69) is 88.4 Å².